The molecule has 0 aromatic rings. The van der Waals surface area contributed by atoms with Crippen LogP contribution in [0.4, 0.5) is 0 Å². The average Bonchev–Trinajstić information content (AvgIpc) is 3.07. The first kappa shape index (κ1) is 49.6. The normalized spacial score (nSPS) is 13.2. The minimum Gasteiger partial charge on any atom is -0.379 e. The Morgan fingerprint density at radius 3 is 1.20 bits per heavy atom. The van der Waals surface area contributed by atoms with E-state index in [2.05, 4.69) is 19.8 Å². The van der Waals surface area contributed by atoms with E-state index in [0.717, 1.165) is 25.7 Å². The number of phosphoric acid groups is 1. The van der Waals surface area contributed by atoms with Gasteiger partial charge in [-0.3, -0.25) is 9.05 Å². The molecular weight excluding hydrogens is 645 g/mol. The minimum absolute atomic E-state index is 0.0784. The smallest absolute Gasteiger partial charge is 0.379 e. The molecule has 8 heteroatoms. The molecule has 0 aromatic heterocycles. The van der Waals surface area contributed by atoms with Gasteiger partial charge < -0.3 is 18.9 Å². The second kappa shape index (κ2) is 36.9. The summed E-state index contributed by atoms with van der Waals surface area (Å²) in [6.45, 7) is 7.31. The highest BCUT2D eigenvalue weighted by Gasteiger charge is 2.28. The fourth-order valence-electron chi connectivity index (χ4n) is 6.28. The molecular formula is C42H85NO6P+. The molecule has 1 unspecified atom stereocenters. The van der Waals surface area contributed by atoms with Crippen LogP contribution in [0.15, 0.2) is 0 Å². The molecule has 0 saturated heterocycles. The van der Waals surface area contributed by atoms with Crippen LogP contribution in [0.2, 0.25) is 0 Å². The van der Waals surface area contributed by atoms with Gasteiger partial charge in [0, 0.05) is 13.2 Å². The van der Waals surface area contributed by atoms with Crippen LogP contribution in [-0.2, 0) is 23.1 Å². The molecule has 1 atom stereocenters. The van der Waals surface area contributed by atoms with Crippen LogP contribution in [-0.4, -0.2) is 75.7 Å². The molecule has 0 bridgehead atoms. The zero-order valence-electron chi connectivity index (χ0n) is 33.8. The van der Waals surface area contributed by atoms with Crippen LogP contribution in [0.25, 0.3) is 0 Å². The second-order valence-corrected chi connectivity index (χ2v) is 16.8. The van der Waals surface area contributed by atoms with Crippen molar-refractivity contribution in [3.05, 3.63) is 0 Å². The van der Waals surface area contributed by atoms with Gasteiger partial charge in [0.1, 0.15) is 25.8 Å². The van der Waals surface area contributed by atoms with Gasteiger partial charge in [-0.25, -0.2) is 4.57 Å². The van der Waals surface area contributed by atoms with Gasteiger partial charge in [-0.2, -0.15) is 0 Å². The number of phosphoric ester groups is 1. The van der Waals surface area contributed by atoms with Gasteiger partial charge in [-0.15, -0.1) is 6.42 Å². The molecule has 0 aliphatic rings. The molecule has 0 heterocycles. The summed E-state index contributed by atoms with van der Waals surface area (Å²) in [5, 5.41) is 0. The van der Waals surface area contributed by atoms with Gasteiger partial charge in [-0.1, -0.05) is 181 Å². The molecule has 0 radical (unpaired) electrons. The molecule has 1 N–H and O–H groups in total. The quantitative estimate of drug-likeness (QED) is 0.0292. The summed E-state index contributed by atoms with van der Waals surface area (Å²) in [6, 6.07) is 0. The highest BCUT2D eigenvalue weighted by Crippen LogP contribution is 2.44. The van der Waals surface area contributed by atoms with E-state index in [9.17, 15) is 9.46 Å². The number of nitrogens with zero attached hydrogens (tertiary/aromatic N) is 1. The van der Waals surface area contributed by atoms with Crippen molar-refractivity contribution in [3.8, 4) is 12.3 Å². The van der Waals surface area contributed by atoms with Crippen molar-refractivity contribution in [2.45, 2.75) is 200 Å². The lowest BCUT2D eigenvalue weighted by Crippen LogP contribution is -2.42. The lowest BCUT2D eigenvalue weighted by molar-refractivity contribution is -0.883. The van der Waals surface area contributed by atoms with Crippen molar-refractivity contribution in [2.75, 3.05) is 60.2 Å². The fraction of sp³-hybridized carbons (Fsp3) is 0.952. The van der Waals surface area contributed by atoms with Crippen molar-refractivity contribution in [1.29, 1.82) is 0 Å². The highest BCUT2D eigenvalue weighted by molar-refractivity contribution is 7.47. The zero-order valence-corrected chi connectivity index (χ0v) is 34.7. The number of rotatable bonds is 41. The third-order valence-corrected chi connectivity index (χ3v) is 10.7. The minimum atomic E-state index is -4.26. The molecule has 0 rings (SSSR count). The summed E-state index contributed by atoms with van der Waals surface area (Å²) >= 11 is 0. The third-order valence-electron chi connectivity index (χ3n) is 9.64. The predicted octanol–water partition coefficient (Wildman–Crippen LogP) is 12.2. The van der Waals surface area contributed by atoms with Crippen LogP contribution in [0.3, 0.4) is 0 Å². The largest absolute Gasteiger partial charge is 0.472 e. The molecule has 0 amide bonds. The van der Waals surface area contributed by atoms with Crippen LogP contribution in [0, 0.1) is 12.3 Å². The number of quaternary nitrogens is 1. The molecule has 0 aromatic carbocycles. The lowest BCUT2D eigenvalue weighted by Gasteiger charge is -2.27. The van der Waals surface area contributed by atoms with E-state index in [1.54, 1.807) is 0 Å². The number of ether oxygens (including phenoxy) is 2. The Kier molecular flexibility index (Phi) is 36.6. The first-order valence-corrected chi connectivity index (χ1v) is 22.8. The summed E-state index contributed by atoms with van der Waals surface area (Å²) in [5.74, 6) is 2.63. The van der Waals surface area contributed by atoms with E-state index < -0.39 is 13.9 Å². The van der Waals surface area contributed by atoms with Crippen molar-refractivity contribution in [1.82, 2.24) is 0 Å². The maximum absolute atomic E-state index is 12.8. The van der Waals surface area contributed by atoms with E-state index in [-0.39, 0.29) is 19.8 Å². The summed E-state index contributed by atoms with van der Waals surface area (Å²) in [7, 11) is -0.330. The molecule has 0 spiro atoms. The van der Waals surface area contributed by atoms with Crippen molar-refractivity contribution in [2.24, 2.45) is 0 Å². The number of unbranched alkanes of at least 4 members (excludes halogenated alkanes) is 26. The Balaban J connectivity index is 4.18. The Hall–Kier alpha value is -0.450. The Bertz CT molecular complexity index is 753. The van der Waals surface area contributed by atoms with Gasteiger partial charge in [0.25, 0.3) is 0 Å². The van der Waals surface area contributed by atoms with Crippen LogP contribution < -0.4 is 0 Å². The van der Waals surface area contributed by atoms with E-state index in [0.29, 0.717) is 30.8 Å². The monoisotopic (exact) mass is 731 g/mol. The summed E-state index contributed by atoms with van der Waals surface area (Å²) in [4.78, 5) is 10.4. The molecule has 298 valence electrons. The number of hydrogen-bond donors (Lipinski definition) is 1. The lowest BCUT2D eigenvalue weighted by atomic mass is 10.0. The van der Waals surface area contributed by atoms with Crippen molar-refractivity contribution >= 4 is 7.82 Å². The molecule has 0 aliphatic carbocycles. The van der Waals surface area contributed by atoms with Gasteiger partial charge in [0.15, 0.2) is 0 Å². The predicted molar refractivity (Wildman–Crippen MR) is 214 cm³/mol. The van der Waals surface area contributed by atoms with E-state index in [1.165, 1.54) is 154 Å². The first-order chi connectivity index (χ1) is 24.3. The van der Waals surface area contributed by atoms with Crippen LogP contribution >= 0.6 is 7.82 Å². The zero-order chi connectivity index (χ0) is 36.9. The molecule has 50 heavy (non-hydrogen) atoms. The number of likely N-dealkylation sites (N-methyl/N-ethyl adjacent to an activating group) is 1. The summed E-state index contributed by atoms with van der Waals surface area (Å²) in [5.41, 5.74) is 0. The summed E-state index contributed by atoms with van der Waals surface area (Å²) in [6.07, 6.45) is 41.7. The van der Waals surface area contributed by atoms with E-state index in [1.807, 2.05) is 14.1 Å². The van der Waals surface area contributed by atoms with Gasteiger partial charge in [0.05, 0.1) is 27.3 Å². The van der Waals surface area contributed by atoms with Gasteiger partial charge in [0.2, 0.25) is 0 Å². The van der Waals surface area contributed by atoms with Gasteiger partial charge >= 0.3 is 7.82 Å². The highest BCUT2D eigenvalue weighted by atomic mass is 31.2. The van der Waals surface area contributed by atoms with Crippen LogP contribution in [0.1, 0.15) is 194 Å². The maximum atomic E-state index is 12.8. The topological polar surface area (TPSA) is 74.2 Å². The SMILES string of the molecule is C#CC[N+](C)(C)CCOP(=O)(O)OC(COCCCCCCCCCCCCCCCC)COCCCCCCCCCCCCCCCC. The van der Waals surface area contributed by atoms with E-state index in [4.69, 9.17) is 24.9 Å². The maximum Gasteiger partial charge on any atom is 0.472 e. The number of hydrogen-bond acceptors (Lipinski definition) is 5. The van der Waals surface area contributed by atoms with Crippen LogP contribution in [0.5, 0.6) is 0 Å². The molecule has 0 aliphatic heterocycles. The second-order valence-electron chi connectivity index (χ2n) is 15.4. The average molecular weight is 731 g/mol. The molecule has 7 nitrogen and oxygen atoms in total. The fourth-order valence-corrected chi connectivity index (χ4v) is 7.16. The Morgan fingerprint density at radius 1 is 0.560 bits per heavy atom. The number of terminal acetylenes is 1. The first-order valence-electron chi connectivity index (χ1n) is 21.3. The molecule has 0 fully saturated rings. The summed E-state index contributed by atoms with van der Waals surface area (Å²) < 4.78 is 35.9. The standard InChI is InChI=1S/C42H84NO6P/c1-6-9-11-13-15-17-19-21-23-25-27-29-31-33-37-46-40-42(49-50(44,45)48-39-36-43(4,5)35-8-3)41-47-38-34-32-30-28-26-24-22-20-18-16-14-12-10-7-2/h3,42H,6-7,9-41H2,1-2,4-5H3/p+1. The van der Waals surface area contributed by atoms with E-state index >= 15 is 0 Å². The van der Waals surface area contributed by atoms with Gasteiger partial charge in [-0.05, 0) is 18.8 Å². The molecule has 0 saturated carbocycles. The van der Waals surface area contributed by atoms with Crippen molar-refractivity contribution < 1.29 is 32.5 Å². The van der Waals surface area contributed by atoms with Crippen molar-refractivity contribution in [3.63, 3.8) is 0 Å². The Labute approximate surface area is 311 Å². The Morgan fingerprint density at radius 2 is 0.880 bits per heavy atom. The third kappa shape index (κ3) is 37.3.